The summed E-state index contributed by atoms with van der Waals surface area (Å²) < 4.78 is 0. The van der Waals surface area contributed by atoms with Crippen molar-refractivity contribution >= 4 is 38.7 Å². The van der Waals surface area contributed by atoms with Gasteiger partial charge in [0.1, 0.15) is 4.83 Å². The number of carbonyl (C=O) groups excluding carboxylic acids is 1. The van der Waals surface area contributed by atoms with E-state index in [1.807, 2.05) is 52.0 Å². The first kappa shape index (κ1) is 18.1. The standard InChI is InChI=1S/C17H18BrNO.BrH/c1-10-5-11(2)7-15(6-10)17(20)16(18)14-8-12(3)19-13(4)9-14;/h5-9,16H,1-4H3;1H. The number of hydrogen-bond acceptors (Lipinski definition) is 2. The Kier molecular flexibility index (Phi) is 6.29. The van der Waals surface area contributed by atoms with Gasteiger partial charge in [0.15, 0.2) is 5.78 Å². The molecule has 0 N–H and O–H groups in total. The van der Waals surface area contributed by atoms with E-state index < -0.39 is 0 Å². The molecule has 1 heterocycles. The molecule has 21 heavy (non-hydrogen) atoms. The number of aromatic nitrogens is 1. The summed E-state index contributed by atoms with van der Waals surface area (Å²) in [5, 5.41) is 0. The predicted octanol–water partition coefficient (Wildman–Crippen LogP) is 5.21. The smallest absolute Gasteiger partial charge is 0.180 e. The number of hydrogen-bond donors (Lipinski definition) is 0. The van der Waals surface area contributed by atoms with E-state index in [1.54, 1.807) is 0 Å². The highest BCUT2D eigenvalue weighted by Gasteiger charge is 2.20. The fraction of sp³-hybridized carbons (Fsp3) is 0.294. The number of Topliss-reactive ketones (excluding diaryl/α,β-unsaturated/α-hetero) is 1. The Labute approximate surface area is 144 Å². The van der Waals surface area contributed by atoms with E-state index in [4.69, 9.17) is 0 Å². The van der Waals surface area contributed by atoms with Crippen LogP contribution in [0.15, 0.2) is 30.3 Å². The van der Waals surface area contributed by atoms with Crippen LogP contribution in [0.3, 0.4) is 0 Å². The zero-order valence-corrected chi connectivity index (χ0v) is 15.9. The molecule has 0 aliphatic carbocycles. The quantitative estimate of drug-likeness (QED) is 0.511. The summed E-state index contributed by atoms with van der Waals surface area (Å²) in [6.45, 7) is 7.90. The number of alkyl halides is 1. The van der Waals surface area contributed by atoms with Gasteiger partial charge >= 0.3 is 0 Å². The molecule has 0 aliphatic rings. The zero-order chi connectivity index (χ0) is 14.9. The Morgan fingerprint density at radius 1 is 0.952 bits per heavy atom. The van der Waals surface area contributed by atoms with Gasteiger partial charge in [-0.3, -0.25) is 9.78 Å². The summed E-state index contributed by atoms with van der Waals surface area (Å²) in [6, 6.07) is 9.84. The maximum Gasteiger partial charge on any atom is 0.180 e. The van der Waals surface area contributed by atoms with Crippen molar-refractivity contribution < 1.29 is 4.79 Å². The van der Waals surface area contributed by atoms with Crippen LogP contribution in [0, 0.1) is 27.7 Å². The molecule has 0 bridgehead atoms. The largest absolute Gasteiger partial charge is 0.293 e. The topological polar surface area (TPSA) is 30.0 Å². The summed E-state index contributed by atoms with van der Waals surface area (Å²) in [4.78, 5) is 16.6. The van der Waals surface area contributed by atoms with Crippen LogP contribution in [0.25, 0.3) is 0 Å². The summed E-state index contributed by atoms with van der Waals surface area (Å²) >= 11 is 3.53. The van der Waals surface area contributed by atoms with E-state index in [2.05, 4.69) is 27.0 Å². The molecule has 0 fully saturated rings. The first-order chi connectivity index (χ1) is 9.36. The van der Waals surface area contributed by atoms with Crippen molar-refractivity contribution in [2.24, 2.45) is 0 Å². The number of benzene rings is 1. The maximum absolute atomic E-state index is 12.6. The van der Waals surface area contributed by atoms with Gasteiger partial charge in [-0.25, -0.2) is 0 Å². The molecule has 1 atom stereocenters. The lowest BCUT2D eigenvalue weighted by molar-refractivity contribution is 0.0991. The van der Waals surface area contributed by atoms with Gasteiger partial charge < -0.3 is 0 Å². The van der Waals surface area contributed by atoms with Crippen molar-refractivity contribution in [2.75, 3.05) is 0 Å². The molecule has 0 radical (unpaired) electrons. The number of halogens is 2. The van der Waals surface area contributed by atoms with E-state index in [1.165, 1.54) is 0 Å². The van der Waals surface area contributed by atoms with Crippen LogP contribution in [-0.2, 0) is 0 Å². The molecule has 2 aromatic rings. The Bertz CT molecular complexity index is 627. The second kappa shape index (κ2) is 7.32. The lowest BCUT2D eigenvalue weighted by Crippen LogP contribution is -2.08. The molecule has 2 rings (SSSR count). The van der Waals surface area contributed by atoms with Gasteiger partial charge in [0.05, 0.1) is 0 Å². The van der Waals surface area contributed by atoms with E-state index in [0.717, 1.165) is 33.6 Å². The van der Waals surface area contributed by atoms with Crippen molar-refractivity contribution in [3.63, 3.8) is 0 Å². The highest BCUT2D eigenvalue weighted by molar-refractivity contribution is 9.09. The van der Waals surface area contributed by atoms with Crippen molar-refractivity contribution in [3.05, 3.63) is 64.0 Å². The normalized spacial score (nSPS) is 11.7. The third-order valence-corrected chi connectivity index (χ3v) is 4.08. The lowest BCUT2D eigenvalue weighted by atomic mass is 9.99. The molecule has 1 aromatic carbocycles. The van der Waals surface area contributed by atoms with Crippen molar-refractivity contribution in [1.82, 2.24) is 4.98 Å². The molecule has 0 aliphatic heterocycles. The van der Waals surface area contributed by atoms with Gasteiger partial charge in [-0.1, -0.05) is 33.1 Å². The molecule has 0 spiro atoms. The van der Waals surface area contributed by atoms with Gasteiger partial charge in [0.25, 0.3) is 0 Å². The Morgan fingerprint density at radius 2 is 1.43 bits per heavy atom. The fourth-order valence-corrected chi connectivity index (χ4v) is 2.96. The summed E-state index contributed by atoms with van der Waals surface area (Å²) in [7, 11) is 0. The molecule has 112 valence electrons. The van der Waals surface area contributed by atoms with Crippen molar-refractivity contribution in [2.45, 2.75) is 32.5 Å². The van der Waals surface area contributed by atoms with Crippen molar-refractivity contribution in [1.29, 1.82) is 0 Å². The van der Waals surface area contributed by atoms with Gasteiger partial charge in [-0.15, -0.1) is 17.0 Å². The third kappa shape index (κ3) is 4.48. The summed E-state index contributed by atoms with van der Waals surface area (Å²) in [6.07, 6.45) is 0. The third-order valence-electron chi connectivity index (χ3n) is 3.13. The minimum absolute atomic E-state index is 0. The number of carbonyl (C=O) groups is 1. The van der Waals surface area contributed by atoms with E-state index in [9.17, 15) is 4.79 Å². The Morgan fingerprint density at radius 3 is 1.90 bits per heavy atom. The number of rotatable bonds is 3. The van der Waals surface area contributed by atoms with E-state index in [-0.39, 0.29) is 27.6 Å². The average molecular weight is 413 g/mol. The maximum atomic E-state index is 12.6. The van der Waals surface area contributed by atoms with Crippen LogP contribution in [-0.4, -0.2) is 10.8 Å². The van der Waals surface area contributed by atoms with E-state index >= 15 is 0 Å². The molecule has 0 saturated carbocycles. The van der Waals surface area contributed by atoms with E-state index in [0.29, 0.717) is 0 Å². The van der Waals surface area contributed by atoms with Crippen LogP contribution in [0.5, 0.6) is 0 Å². The minimum atomic E-state index is -0.330. The summed E-state index contributed by atoms with van der Waals surface area (Å²) in [5.74, 6) is 0.0850. The number of ketones is 1. The summed E-state index contributed by atoms with van der Waals surface area (Å²) in [5.41, 5.74) is 5.77. The molecule has 1 aromatic heterocycles. The van der Waals surface area contributed by atoms with Crippen molar-refractivity contribution in [3.8, 4) is 0 Å². The lowest BCUT2D eigenvalue weighted by Gasteiger charge is -2.12. The second-order valence-corrected chi connectivity index (χ2v) is 6.20. The highest BCUT2D eigenvalue weighted by Crippen LogP contribution is 2.28. The SMILES string of the molecule is Br.Cc1cc(C)cc(C(=O)C(Br)c2cc(C)nc(C)c2)c1. The molecular weight excluding hydrogens is 394 g/mol. The van der Waals surface area contributed by atoms with Crippen LogP contribution < -0.4 is 0 Å². The molecule has 4 heteroatoms. The first-order valence-corrected chi connectivity index (χ1v) is 7.50. The van der Waals surface area contributed by atoms with Gasteiger partial charge in [-0.2, -0.15) is 0 Å². The number of aryl methyl sites for hydroxylation is 4. The first-order valence-electron chi connectivity index (χ1n) is 6.58. The number of pyridine rings is 1. The molecular formula is C17H19Br2NO. The Hall–Kier alpha value is -1.00. The van der Waals surface area contributed by atoms with Gasteiger partial charge in [-0.05, 0) is 57.5 Å². The van der Waals surface area contributed by atoms with Crippen LogP contribution in [0.1, 0.15) is 43.3 Å². The predicted molar refractivity (Wildman–Crippen MR) is 95.9 cm³/mol. The minimum Gasteiger partial charge on any atom is -0.293 e. The van der Waals surface area contributed by atoms with Gasteiger partial charge in [0.2, 0.25) is 0 Å². The van der Waals surface area contributed by atoms with Crippen LogP contribution in [0.2, 0.25) is 0 Å². The number of nitrogens with zero attached hydrogens (tertiary/aromatic N) is 1. The fourth-order valence-electron chi connectivity index (χ4n) is 2.43. The molecule has 1 unspecified atom stereocenters. The van der Waals surface area contributed by atoms with Crippen LogP contribution >= 0.6 is 32.9 Å². The average Bonchev–Trinajstić information content (AvgIpc) is 2.34. The van der Waals surface area contributed by atoms with Crippen LogP contribution in [0.4, 0.5) is 0 Å². The zero-order valence-electron chi connectivity index (χ0n) is 12.6. The Balaban J connectivity index is 0.00000220. The second-order valence-electron chi connectivity index (χ2n) is 5.29. The molecule has 0 amide bonds. The van der Waals surface area contributed by atoms with Gasteiger partial charge in [0, 0.05) is 17.0 Å². The molecule has 0 saturated heterocycles. The highest BCUT2D eigenvalue weighted by atomic mass is 79.9. The monoisotopic (exact) mass is 411 g/mol. The molecule has 2 nitrogen and oxygen atoms in total.